The zero-order valence-corrected chi connectivity index (χ0v) is 12.8. The summed E-state index contributed by atoms with van der Waals surface area (Å²) in [6.07, 6.45) is 1.70. The smallest absolute Gasteiger partial charge is 0.223 e. The maximum absolute atomic E-state index is 11.9. The van der Waals surface area contributed by atoms with Crippen LogP contribution < -0.4 is 5.73 Å². The summed E-state index contributed by atoms with van der Waals surface area (Å²) in [5, 5.41) is 0. The van der Waals surface area contributed by atoms with Gasteiger partial charge in [-0.1, -0.05) is 0 Å². The highest BCUT2D eigenvalue weighted by molar-refractivity contribution is 5.76. The zero-order valence-electron chi connectivity index (χ0n) is 12.8. The van der Waals surface area contributed by atoms with E-state index in [-0.39, 0.29) is 11.9 Å². The summed E-state index contributed by atoms with van der Waals surface area (Å²) >= 11 is 0. The molecule has 2 saturated heterocycles. The number of amides is 1. The summed E-state index contributed by atoms with van der Waals surface area (Å²) in [5.74, 6) is 0.162. The lowest BCUT2D eigenvalue weighted by Gasteiger charge is -2.33. The van der Waals surface area contributed by atoms with Crippen LogP contribution >= 0.6 is 0 Å². The third-order valence-corrected chi connectivity index (χ3v) is 4.45. The molecule has 2 rings (SSSR count). The van der Waals surface area contributed by atoms with Crippen molar-refractivity contribution in [1.29, 1.82) is 0 Å². The number of rotatable bonds is 5. The molecule has 0 aromatic heterocycles. The van der Waals surface area contributed by atoms with Gasteiger partial charge in [-0.2, -0.15) is 0 Å². The van der Waals surface area contributed by atoms with Gasteiger partial charge < -0.3 is 15.4 Å². The summed E-state index contributed by atoms with van der Waals surface area (Å²) in [5.41, 5.74) is 5.88. The van der Waals surface area contributed by atoms with Crippen molar-refractivity contribution < 1.29 is 9.53 Å². The van der Waals surface area contributed by atoms with Gasteiger partial charge in [-0.15, -0.1) is 0 Å². The van der Waals surface area contributed by atoms with Crippen molar-refractivity contribution in [1.82, 2.24) is 14.7 Å². The maximum Gasteiger partial charge on any atom is 0.223 e. The molecule has 2 aliphatic rings. The van der Waals surface area contributed by atoms with Crippen molar-refractivity contribution in [3.05, 3.63) is 0 Å². The largest absolute Gasteiger partial charge is 0.379 e. The van der Waals surface area contributed by atoms with Gasteiger partial charge in [0.25, 0.3) is 0 Å². The van der Waals surface area contributed by atoms with E-state index in [4.69, 9.17) is 10.5 Å². The highest BCUT2D eigenvalue weighted by Crippen LogP contribution is 2.20. The van der Waals surface area contributed by atoms with Crippen molar-refractivity contribution in [2.45, 2.75) is 24.9 Å². The van der Waals surface area contributed by atoms with E-state index in [9.17, 15) is 4.79 Å². The molecule has 2 N–H and O–H groups in total. The fourth-order valence-electron chi connectivity index (χ4n) is 3.09. The first-order valence-electron chi connectivity index (χ1n) is 7.58. The van der Waals surface area contributed by atoms with Gasteiger partial charge in [0.1, 0.15) is 0 Å². The molecule has 0 aromatic rings. The molecular formula is C14H28N4O2. The number of hydrogen-bond acceptors (Lipinski definition) is 5. The maximum atomic E-state index is 11.9. The summed E-state index contributed by atoms with van der Waals surface area (Å²) in [6, 6.07) is 0.776. The molecule has 1 amide bonds. The highest BCUT2D eigenvalue weighted by Gasteiger charge is 2.32. The minimum absolute atomic E-state index is 0.162. The van der Waals surface area contributed by atoms with Crippen molar-refractivity contribution in [2.24, 2.45) is 5.73 Å². The van der Waals surface area contributed by atoms with E-state index in [0.29, 0.717) is 19.0 Å². The molecule has 0 saturated carbocycles. The average molecular weight is 284 g/mol. The monoisotopic (exact) mass is 284 g/mol. The van der Waals surface area contributed by atoms with Crippen LogP contribution in [-0.2, 0) is 9.53 Å². The van der Waals surface area contributed by atoms with Crippen LogP contribution in [-0.4, -0.2) is 92.7 Å². The minimum Gasteiger partial charge on any atom is -0.379 e. The van der Waals surface area contributed by atoms with Gasteiger partial charge in [-0.05, 0) is 6.42 Å². The number of ether oxygens (including phenoxy) is 1. The molecule has 2 aliphatic heterocycles. The number of carbonyl (C=O) groups is 1. The van der Waals surface area contributed by atoms with E-state index < -0.39 is 0 Å². The van der Waals surface area contributed by atoms with Gasteiger partial charge in [0.15, 0.2) is 0 Å². The number of nitrogens with zero attached hydrogens (tertiary/aromatic N) is 3. The van der Waals surface area contributed by atoms with Gasteiger partial charge in [-0.3, -0.25) is 14.6 Å². The van der Waals surface area contributed by atoms with Crippen LogP contribution in [0.25, 0.3) is 0 Å². The Bertz CT molecular complexity index is 318. The second kappa shape index (κ2) is 7.36. The van der Waals surface area contributed by atoms with E-state index in [0.717, 1.165) is 39.4 Å². The molecule has 116 valence electrons. The van der Waals surface area contributed by atoms with Crippen LogP contribution in [0.15, 0.2) is 0 Å². The van der Waals surface area contributed by atoms with Crippen LogP contribution in [0.3, 0.4) is 0 Å². The molecule has 2 fully saturated rings. The Morgan fingerprint density at radius 3 is 2.65 bits per heavy atom. The number of hydrogen-bond donors (Lipinski definition) is 1. The summed E-state index contributed by atoms with van der Waals surface area (Å²) in [6.45, 7) is 6.37. The quantitative estimate of drug-likeness (QED) is 0.716. The van der Waals surface area contributed by atoms with Crippen LogP contribution in [0.1, 0.15) is 12.8 Å². The second-order valence-electron chi connectivity index (χ2n) is 5.97. The van der Waals surface area contributed by atoms with Crippen molar-refractivity contribution in [3.63, 3.8) is 0 Å². The Labute approximate surface area is 121 Å². The molecule has 2 unspecified atom stereocenters. The SMILES string of the molecule is CN(C)C(=O)CC(CN)N1CCC(N2CCOCC2)C1. The third kappa shape index (κ3) is 3.91. The Hall–Kier alpha value is -0.690. The summed E-state index contributed by atoms with van der Waals surface area (Å²) in [4.78, 5) is 18.4. The van der Waals surface area contributed by atoms with E-state index in [1.807, 2.05) is 0 Å². The number of morpholine rings is 1. The molecule has 2 atom stereocenters. The molecule has 0 aliphatic carbocycles. The Morgan fingerprint density at radius 1 is 1.35 bits per heavy atom. The van der Waals surface area contributed by atoms with Crippen LogP contribution in [0.5, 0.6) is 0 Å². The fraction of sp³-hybridized carbons (Fsp3) is 0.929. The van der Waals surface area contributed by atoms with Crippen LogP contribution in [0.4, 0.5) is 0 Å². The predicted molar refractivity (Wildman–Crippen MR) is 78.5 cm³/mol. The van der Waals surface area contributed by atoms with Gasteiger partial charge in [0.05, 0.1) is 13.2 Å². The Kier molecular flexibility index (Phi) is 5.77. The van der Waals surface area contributed by atoms with Crippen LogP contribution in [0, 0.1) is 0 Å². The summed E-state index contributed by atoms with van der Waals surface area (Å²) in [7, 11) is 3.60. The van der Waals surface area contributed by atoms with E-state index in [2.05, 4.69) is 9.80 Å². The standard InChI is InChI=1S/C14H28N4O2/c1-16(2)14(19)9-13(10-15)18-4-3-12(11-18)17-5-7-20-8-6-17/h12-13H,3-11,15H2,1-2H3. The Balaban J connectivity index is 1.84. The first-order chi connectivity index (χ1) is 9.61. The van der Waals surface area contributed by atoms with Gasteiger partial charge >= 0.3 is 0 Å². The molecule has 0 radical (unpaired) electrons. The molecule has 6 nitrogen and oxygen atoms in total. The normalized spacial score (nSPS) is 26.6. The predicted octanol–water partition coefficient (Wildman–Crippen LogP) is -0.801. The van der Waals surface area contributed by atoms with Gasteiger partial charge in [-0.25, -0.2) is 0 Å². The second-order valence-corrected chi connectivity index (χ2v) is 5.97. The van der Waals surface area contributed by atoms with E-state index in [1.165, 1.54) is 6.42 Å². The molecule has 0 spiro atoms. The molecule has 6 heteroatoms. The van der Waals surface area contributed by atoms with Crippen molar-refractivity contribution >= 4 is 5.91 Å². The molecule has 20 heavy (non-hydrogen) atoms. The minimum atomic E-state index is 0.162. The van der Waals surface area contributed by atoms with Crippen molar-refractivity contribution in [2.75, 3.05) is 60.0 Å². The molecule has 0 bridgehead atoms. The highest BCUT2D eigenvalue weighted by atomic mass is 16.5. The molecule has 2 heterocycles. The molecular weight excluding hydrogens is 256 g/mol. The number of carbonyl (C=O) groups excluding carboxylic acids is 1. The third-order valence-electron chi connectivity index (χ3n) is 4.45. The van der Waals surface area contributed by atoms with Crippen molar-refractivity contribution in [3.8, 4) is 0 Å². The van der Waals surface area contributed by atoms with E-state index in [1.54, 1.807) is 19.0 Å². The Morgan fingerprint density at radius 2 is 2.05 bits per heavy atom. The number of nitrogens with two attached hydrogens (primary N) is 1. The van der Waals surface area contributed by atoms with E-state index >= 15 is 0 Å². The van der Waals surface area contributed by atoms with Gasteiger partial charge in [0.2, 0.25) is 5.91 Å². The average Bonchev–Trinajstić information content (AvgIpc) is 2.95. The lowest BCUT2D eigenvalue weighted by atomic mass is 10.1. The molecule has 0 aromatic carbocycles. The lowest BCUT2D eigenvalue weighted by Crippen LogP contribution is -2.47. The van der Waals surface area contributed by atoms with Crippen LogP contribution in [0.2, 0.25) is 0 Å². The topological polar surface area (TPSA) is 62.0 Å². The van der Waals surface area contributed by atoms with Gasteiger partial charge in [0, 0.05) is 65.3 Å². The number of likely N-dealkylation sites (tertiary alicyclic amines) is 1. The summed E-state index contributed by atoms with van der Waals surface area (Å²) < 4.78 is 5.41. The lowest BCUT2D eigenvalue weighted by molar-refractivity contribution is -0.129. The zero-order chi connectivity index (χ0) is 14.5. The first-order valence-corrected chi connectivity index (χ1v) is 7.58. The first kappa shape index (κ1) is 15.7. The fourth-order valence-corrected chi connectivity index (χ4v) is 3.09.